The van der Waals surface area contributed by atoms with Gasteiger partial charge in [0, 0.05) is 12.6 Å². The van der Waals surface area contributed by atoms with E-state index in [1.54, 1.807) is 0 Å². The molecule has 2 heterocycles. The topological polar surface area (TPSA) is 42.7 Å². The Hall–Kier alpha value is -2.14. The van der Waals surface area contributed by atoms with Crippen LogP contribution in [0.5, 0.6) is 5.75 Å². The van der Waals surface area contributed by atoms with Gasteiger partial charge in [-0.05, 0) is 55.8 Å². The first-order valence-electron chi connectivity index (χ1n) is 8.76. The van der Waals surface area contributed by atoms with Crippen molar-refractivity contribution in [3.63, 3.8) is 0 Å². The maximum atomic E-state index is 13.0. The highest BCUT2D eigenvalue weighted by atomic mass is 19.1. The monoisotopic (exact) mass is 345 g/mol. The zero-order chi connectivity index (χ0) is 17.6. The van der Waals surface area contributed by atoms with Crippen molar-refractivity contribution in [2.45, 2.75) is 32.2 Å². The van der Waals surface area contributed by atoms with Gasteiger partial charge in [0.05, 0.1) is 13.7 Å². The van der Waals surface area contributed by atoms with Gasteiger partial charge in [0.25, 0.3) is 0 Å². The van der Waals surface area contributed by atoms with Crippen molar-refractivity contribution in [3.8, 4) is 5.75 Å². The van der Waals surface area contributed by atoms with Gasteiger partial charge < -0.3 is 9.15 Å². The van der Waals surface area contributed by atoms with Crippen LogP contribution in [0.1, 0.15) is 30.6 Å². The molecule has 1 aliphatic heterocycles. The van der Waals surface area contributed by atoms with Gasteiger partial charge in [-0.3, -0.25) is 9.69 Å². The summed E-state index contributed by atoms with van der Waals surface area (Å²) in [5.74, 6) is 1.34. The van der Waals surface area contributed by atoms with Crippen molar-refractivity contribution < 1.29 is 13.5 Å². The molecule has 0 amide bonds. The summed E-state index contributed by atoms with van der Waals surface area (Å²) in [6.07, 6.45) is 5.80. The molecule has 1 aromatic heterocycles. The molecular weight excluding hydrogens is 321 g/mol. The van der Waals surface area contributed by atoms with Crippen LogP contribution < -0.4 is 10.2 Å². The Labute approximate surface area is 147 Å². The number of likely N-dealkylation sites (tertiary alicyclic amines) is 1. The minimum absolute atomic E-state index is 0.145. The van der Waals surface area contributed by atoms with E-state index in [-0.39, 0.29) is 17.0 Å². The molecule has 0 spiro atoms. The number of rotatable bonds is 6. The SMILES string of the molecule is COc1coc(CN2CCC[C@H](CCc3ccc(F)cc3)C2)cc1=O. The van der Waals surface area contributed by atoms with E-state index in [1.165, 1.54) is 43.6 Å². The second kappa shape index (κ2) is 8.30. The zero-order valence-electron chi connectivity index (χ0n) is 14.5. The number of benzene rings is 1. The third-order valence-electron chi connectivity index (χ3n) is 4.81. The minimum Gasteiger partial charge on any atom is -0.490 e. The number of hydrogen-bond acceptors (Lipinski definition) is 4. The molecule has 1 saturated heterocycles. The molecule has 1 atom stereocenters. The first kappa shape index (κ1) is 17.7. The first-order valence-corrected chi connectivity index (χ1v) is 8.76. The van der Waals surface area contributed by atoms with Gasteiger partial charge in [-0.25, -0.2) is 4.39 Å². The molecule has 1 fully saturated rings. The minimum atomic E-state index is -0.187. The number of nitrogens with zero attached hydrogens (tertiary/aromatic N) is 1. The van der Waals surface area contributed by atoms with E-state index in [4.69, 9.17) is 9.15 Å². The van der Waals surface area contributed by atoms with Crippen LogP contribution in [0.3, 0.4) is 0 Å². The van der Waals surface area contributed by atoms with Crippen LogP contribution in [-0.2, 0) is 13.0 Å². The third-order valence-corrected chi connectivity index (χ3v) is 4.81. The van der Waals surface area contributed by atoms with Crippen molar-refractivity contribution in [2.24, 2.45) is 5.92 Å². The molecule has 3 rings (SSSR count). The molecule has 0 N–H and O–H groups in total. The van der Waals surface area contributed by atoms with Crippen molar-refractivity contribution in [3.05, 3.63) is 64.0 Å². The highest BCUT2D eigenvalue weighted by Crippen LogP contribution is 2.23. The highest BCUT2D eigenvalue weighted by Gasteiger charge is 2.20. The Morgan fingerprint density at radius 3 is 2.84 bits per heavy atom. The van der Waals surface area contributed by atoms with E-state index < -0.39 is 0 Å². The predicted molar refractivity (Wildman–Crippen MR) is 94.3 cm³/mol. The summed E-state index contributed by atoms with van der Waals surface area (Å²) in [5, 5.41) is 0. The van der Waals surface area contributed by atoms with Crippen molar-refractivity contribution in [1.82, 2.24) is 4.90 Å². The summed E-state index contributed by atoms with van der Waals surface area (Å²) in [4.78, 5) is 14.2. The van der Waals surface area contributed by atoms with Gasteiger partial charge >= 0.3 is 0 Å². The molecule has 0 radical (unpaired) electrons. The number of piperidine rings is 1. The maximum Gasteiger partial charge on any atom is 0.227 e. The zero-order valence-corrected chi connectivity index (χ0v) is 14.5. The number of methoxy groups -OCH3 is 1. The molecule has 1 aliphatic rings. The van der Waals surface area contributed by atoms with Crippen LogP contribution in [0.4, 0.5) is 4.39 Å². The predicted octanol–water partition coefficient (Wildman–Crippen LogP) is 3.63. The highest BCUT2D eigenvalue weighted by molar-refractivity contribution is 5.17. The van der Waals surface area contributed by atoms with Crippen LogP contribution in [0.15, 0.2) is 45.8 Å². The van der Waals surface area contributed by atoms with Crippen LogP contribution in [0.25, 0.3) is 0 Å². The Bertz CT molecular complexity index is 741. The molecule has 0 saturated carbocycles. The number of ether oxygens (including phenoxy) is 1. The van der Waals surface area contributed by atoms with Gasteiger partial charge in [0.2, 0.25) is 11.2 Å². The Morgan fingerprint density at radius 1 is 1.32 bits per heavy atom. The summed E-state index contributed by atoms with van der Waals surface area (Å²) in [6.45, 7) is 2.66. The lowest BCUT2D eigenvalue weighted by molar-refractivity contribution is 0.150. The standard InChI is InChI=1S/C20H24FNO3/c1-24-20-14-25-18(11-19(20)23)13-22-10-2-3-16(12-22)5-4-15-6-8-17(21)9-7-15/h6-9,11,14,16H,2-5,10,12-13H2,1H3/t16-/m1/s1. The summed E-state index contributed by atoms with van der Waals surface area (Å²) in [5.41, 5.74) is 1.04. The van der Waals surface area contributed by atoms with Gasteiger partial charge in [-0.15, -0.1) is 0 Å². The lowest BCUT2D eigenvalue weighted by Gasteiger charge is -2.32. The van der Waals surface area contributed by atoms with Gasteiger partial charge in [-0.2, -0.15) is 0 Å². The number of aryl methyl sites for hydroxylation is 1. The molecule has 2 aromatic rings. The molecule has 134 valence electrons. The Morgan fingerprint density at radius 2 is 2.12 bits per heavy atom. The van der Waals surface area contributed by atoms with Crippen molar-refractivity contribution in [2.75, 3.05) is 20.2 Å². The molecule has 0 bridgehead atoms. The van der Waals surface area contributed by atoms with E-state index in [0.29, 0.717) is 18.2 Å². The Balaban J connectivity index is 1.53. The largest absolute Gasteiger partial charge is 0.490 e. The molecule has 1 aromatic carbocycles. The van der Waals surface area contributed by atoms with E-state index >= 15 is 0 Å². The third kappa shape index (κ3) is 4.92. The van der Waals surface area contributed by atoms with Gasteiger partial charge in [0.1, 0.15) is 17.8 Å². The summed E-state index contributed by atoms with van der Waals surface area (Å²) < 4.78 is 23.4. The molecular formula is C20H24FNO3. The molecule has 0 aliphatic carbocycles. The second-order valence-corrected chi connectivity index (χ2v) is 6.69. The fourth-order valence-electron chi connectivity index (χ4n) is 3.44. The second-order valence-electron chi connectivity index (χ2n) is 6.69. The fraction of sp³-hybridized carbons (Fsp3) is 0.450. The van der Waals surface area contributed by atoms with Crippen LogP contribution in [0.2, 0.25) is 0 Å². The number of halogens is 1. The fourth-order valence-corrected chi connectivity index (χ4v) is 3.44. The Kier molecular flexibility index (Phi) is 5.87. The van der Waals surface area contributed by atoms with E-state index in [9.17, 15) is 9.18 Å². The molecule has 4 nitrogen and oxygen atoms in total. The van der Waals surface area contributed by atoms with Gasteiger partial charge in [-0.1, -0.05) is 12.1 Å². The summed E-state index contributed by atoms with van der Waals surface area (Å²) in [6, 6.07) is 8.28. The maximum absolute atomic E-state index is 13.0. The molecule has 0 unspecified atom stereocenters. The van der Waals surface area contributed by atoms with Crippen LogP contribution >= 0.6 is 0 Å². The lowest BCUT2D eigenvalue weighted by Crippen LogP contribution is -2.35. The lowest BCUT2D eigenvalue weighted by atomic mass is 9.91. The van der Waals surface area contributed by atoms with E-state index in [1.807, 2.05) is 12.1 Å². The average molecular weight is 345 g/mol. The molecule has 25 heavy (non-hydrogen) atoms. The van der Waals surface area contributed by atoms with Crippen LogP contribution in [0, 0.1) is 11.7 Å². The molecule has 5 heteroatoms. The summed E-state index contributed by atoms with van der Waals surface area (Å²) >= 11 is 0. The van der Waals surface area contributed by atoms with Crippen molar-refractivity contribution in [1.29, 1.82) is 0 Å². The normalized spacial score (nSPS) is 18.2. The van der Waals surface area contributed by atoms with Gasteiger partial charge in [0.15, 0.2) is 0 Å². The summed E-state index contributed by atoms with van der Waals surface area (Å²) in [7, 11) is 1.46. The van der Waals surface area contributed by atoms with Crippen molar-refractivity contribution >= 4 is 0 Å². The average Bonchev–Trinajstić information content (AvgIpc) is 2.62. The first-order chi connectivity index (χ1) is 12.1. The quantitative estimate of drug-likeness (QED) is 0.802. The van der Waals surface area contributed by atoms with Crippen LogP contribution in [-0.4, -0.2) is 25.1 Å². The van der Waals surface area contributed by atoms with E-state index in [2.05, 4.69) is 4.90 Å². The van der Waals surface area contributed by atoms with E-state index in [0.717, 1.165) is 32.4 Å². The smallest absolute Gasteiger partial charge is 0.227 e. The number of hydrogen-bond donors (Lipinski definition) is 0.